The Morgan fingerprint density at radius 1 is 1.26 bits per heavy atom. The molecule has 7 heteroatoms. The summed E-state index contributed by atoms with van der Waals surface area (Å²) < 4.78 is 5.97. The average Bonchev–Trinajstić information content (AvgIpc) is 2.58. The number of carboxylic acids is 1. The maximum Gasteiger partial charge on any atom is 0.305 e. The van der Waals surface area contributed by atoms with Crippen LogP contribution in [-0.4, -0.2) is 53.6 Å². The van der Waals surface area contributed by atoms with E-state index in [4.69, 9.17) is 9.84 Å². The van der Waals surface area contributed by atoms with Crippen molar-refractivity contribution in [3.05, 3.63) is 29.8 Å². The molecule has 1 heterocycles. The number of rotatable bonds is 7. The largest absolute Gasteiger partial charge is 0.484 e. The lowest BCUT2D eigenvalue weighted by Crippen LogP contribution is -2.33. The predicted molar refractivity (Wildman–Crippen MR) is 94.1 cm³/mol. The van der Waals surface area contributed by atoms with Crippen LogP contribution in [0.1, 0.15) is 23.0 Å². The predicted octanol–water partition coefficient (Wildman–Crippen LogP) is 2.87. The van der Waals surface area contributed by atoms with Gasteiger partial charge in [0.1, 0.15) is 5.75 Å². The molecule has 1 amide bonds. The molecule has 1 saturated heterocycles. The lowest BCUT2D eigenvalue weighted by atomic mass is 10.2. The van der Waals surface area contributed by atoms with Gasteiger partial charge in [-0.3, -0.25) is 9.59 Å². The second-order valence-corrected chi connectivity index (χ2v) is 7.97. The molecule has 1 aliphatic rings. The van der Waals surface area contributed by atoms with E-state index in [0.29, 0.717) is 10.3 Å². The molecule has 126 valence electrons. The maximum atomic E-state index is 11.8. The average molecular weight is 355 g/mol. The molecule has 5 nitrogen and oxygen atoms in total. The van der Waals surface area contributed by atoms with Gasteiger partial charge in [0.25, 0.3) is 5.91 Å². The van der Waals surface area contributed by atoms with Crippen LogP contribution in [0.3, 0.4) is 0 Å². The number of amides is 1. The first kappa shape index (κ1) is 18.0. The summed E-state index contributed by atoms with van der Waals surface area (Å²) in [4.78, 5) is 23.7. The van der Waals surface area contributed by atoms with Gasteiger partial charge in [-0.05, 0) is 35.6 Å². The highest BCUT2D eigenvalue weighted by Crippen LogP contribution is 2.43. The number of hydrogen-bond donors (Lipinski definition) is 1. The van der Waals surface area contributed by atoms with E-state index in [-0.39, 0.29) is 25.5 Å². The normalized spacial score (nSPS) is 15.2. The third kappa shape index (κ3) is 5.99. The molecule has 0 atom stereocenters. The Balaban J connectivity index is 1.79. The fraction of sp³-hybridized carbons (Fsp3) is 0.500. The van der Waals surface area contributed by atoms with Crippen molar-refractivity contribution in [1.82, 2.24) is 4.90 Å². The third-order valence-electron chi connectivity index (χ3n) is 3.43. The van der Waals surface area contributed by atoms with Gasteiger partial charge in [-0.1, -0.05) is 12.1 Å². The fourth-order valence-electron chi connectivity index (χ4n) is 2.04. The summed E-state index contributed by atoms with van der Waals surface area (Å²) in [6, 6.07) is 7.86. The Bertz CT molecular complexity index is 529. The Morgan fingerprint density at radius 3 is 2.52 bits per heavy atom. The molecular formula is C16H21NO4S2. The SMILES string of the molecule is CN(CCC(=O)O)C(=O)COc1ccc(C2SCCCS2)cc1. The highest BCUT2D eigenvalue weighted by molar-refractivity contribution is 8.16. The van der Waals surface area contributed by atoms with E-state index in [2.05, 4.69) is 0 Å². The van der Waals surface area contributed by atoms with Crippen molar-refractivity contribution in [3.8, 4) is 5.75 Å². The first-order valence-corrected chi connectivity index (χ1v) is 9.58. The molecule has 1 aromatic rings. The maximum absolute atomic E-state index is 11.8. The summed E-state index contributed by atoms with van der Waals surface area (Å²) in [7, 11) is 1.58. The molecule has 1 aliphatic heterocycles. The quantitative estimate of drug-likeness (QED) is 0.811. The van der Waals surface area contributed by atoms with Crippen LogP contribution in [0.25, 0.3) is 0 Å². The summed E-state index contributed by atoms with van der Waals surface area (Å²) >= 11 is 3.93. The number of carbonyl (C=O) groups excluding carboxylic acids is 1. The summed E-state index contributed by atoms with van der Waals surface area (Å²) in [6.45, 7) is 0.106. The van der Waals surface area contributed by atoms with Crippen LogP contribution >= 0.6 is 23.5 Å². The van der Waals surface area contributed by atoms with Crippen molar-refractivity contribution in [2.45, 2.75) is 17.4 Å². The van der Waals surface area contributed by atoms with E-state index in [1.807, 2.05) is 47.8 Å². The van der Waals surface area contributed by atoms with E-state index < -0.39 is 5.97 Å². The van der Waals surface area contributed by atoms with Crippen LogP contribution in [0.15, 0.2) is 24.3 Å². The number of likely N-dealkylation sites (N-methyl/N-ethyl adjacent to an activating group) is 1. The Hall–Kier alpha value is -1.34. The molecule has 0 radical (unpaired) electrons. The molecule has 1 aromatic carbocycles. The first-order chi connectivity index (χ1) is 11.1. The Morgan fingerprint density at radius 2 is 1.91 bits per heavy atom. The van der Waals surface area contributed by atoms with Gasteiger partial charge in [-0.25, -0.2) is 0 Å². The molecule has 0 unspecified atom stereocenters. The van der Waals surface area contributed by atoms with Gasteiger partial charge in [0.2, 0.25) is 0 Å². The van der Waals surface area contributed by atoms with E-state index in [9.17, 15) is 9.59 Å². The number of carboxylic acid groups (broad SMARTS) is 1. The van der Waals surface area contributed by atoms with Crippen molar-refractivity contribution < 1.29 is 19.4 Å². The minimum absolute atomic E-state index is 0.0618. The lowest BCUT2D eigenvalue weighted by Gasteiger charge is -2.21. The topological polar surface area (TPSA) is 66.8 Å². The van der Waals surface area contributed by atoms with E-state index >= 15 is 0 Å². The highest BCUT2D eigenvalue weighted by Gasteiger charge is 2.16. The van der Waals surface area contributed by atoms with Crippen molar-refractivity contribution >= 4 is 35.4 Å². The molecule has 2 rings (SSSR count). The zero-order chi connectivity index (χ0) is 16.7. The van der Waals surface area contributed by atoms with Gasteiger partial charge in [-0.2, -0.15) is 0 Å². The van der Waals surface area contributed by atoms with Gasteiger partial charge in [-0.15, -0.1) is 23.5 Å². The van der Waals surface area contributed by atoms with Crippen molar-refractivity contribution in [1.29, 1.82) is 0 Å². The summed E-state index contributed by atoms with van der Waals surface area (Å²) in [5.74, 6) is 1.91. The van der Waals surface area contributed by atoms with Gasteiger partial charge in [0.05, 0.1) is 11.0 Å². The summed E-state index contributed by atoms with van der Waals surface area (Å²) in [5.41, 5.74) is 1.27. The Labute approximate surface area is 144 Å². The molecule has 0 aliphatic carbocycles. The zero-order valence-corrected chi connectivity index (χ0v) is 14.7. The smallest absolute Gasteiger partial charge is 0.305 e. The standard InChI is InChI=1S/C16H21NO4S2/c1-17(8-7-15(19)20)14(18)11-21-13-5-3-12(4-6-13)16-22-9-2-10-23-16/h3-6,16H,2,7-11H2,1H3,(H,19,20). The second-order valence-electron chi connectivity index (χ2n) is 5.24. The van der Waals surface area contributed by atoms with E-state index in [0.717, 1.165) is 0 Å². The molecule has 0 bridgehead atoms. The summed E-state index contributed by atoms with van der Waals surface area (Å²) in [6.07, 6.45) is 1.21. The molecule has 0 saturated carbocycles. The summed E-state index contributed by atoms with van der Waals surface area (Å²) in [5, 5.41) is 8.61. The second kappa shape index (κ2) is 9.08. The molecule has 1 N–H and O–H groups in total. The number of aliphatic carboxylic acids is 1. The number of carbonyl (C=O) groups is 2. The van der Waals surface area contributed by atoms with Gasteiger partial charge < -0.3 is 14.7 Å². The number of nitrogens with zero attached hydrogens (tertiary/aromatic N) is 1. The highest BCUT2D eigenvalue weighted by atomic mass is 32.2. The Kier molecular flexibility index (Phi) is 7.11. The number of benzene rings is 1. The minimum atomic E-state index is -0.917. The molecule has 23 heavy (non-hydrogen) atoms. The zero-order valence-electron chi connectivity index (χ0n) is 13.1. The van der Waals surface area contributed by atoms with Crippen molar-refractivity contribution in [2.24, 2.45) is 0 Å². The minimum Gasteiger partial charge on any atom is -0.484 e. The van der Waals surface area contributed by atoms with Gasteiger partial charge in [0.15, 0.2) is 6.61 Å². The first-order valence-electron chi connectivity index (χ1n) is 7.48. The van der Waals surface area contributed by atoms with Crippen LogP contribution < -0.4 is 4.74 Å². The molecule has 0 aromatic heterocycles. The fourth-order valence-corrected chi connectivity index (χ4v) is 4.94. The van der Waals surface area contributed by atoms with Gasteiger partial charge in [0, 0.05) is 13.6 Å². The third-order valence-corrected chi connectivity index (χ3v) is 6.44. The van der Waals surface area contributed by atoms with Crippen molar-refractivity contribution in [2.75, 3.05) is 31.7 Å². The monoisotopic (exact) mass is 355 g/mol. The van der Waals surface area contributed by atoms with Crippen LogP contribution in [0.5, 0.6) is 5.75 Å². The van der Waals surface area contributed by atoms with Crippen molar-refractivity contribution in [3.63, 3.8) is 0 Å². The number of thioether (sulfide) groups is 2. The van der Waals surface area contributed by atoms with Crippen LogP contribution in [0.2, 0.25) is 0 Å². The molecule has 0 spiro atoms. The van der Waals surface area contributed by atoms with Gasteiger partial charge >= 0.3 is 5.97 Å². The van der Waals surface area contributed by atoms with Crippen LogP contribution in [0.4, 0.5) is 0 Å². The number of ether oxygens (including phenoxy) is 1. The van der Waals surface area contributed by atoms with E-state index in [1.165, 1.54) is 28.4 Å². The number of hydrogen-bond acceptors (Lipinski definition) is 5. The van der Waals surface area contributed by atoms with Crippen LogP contribution in [-0.2, 0) is 9.59 Å². The van der Waals surface area contributed by atoms with Crippen LogP contribution in [0, 0.1) is 0 Å². The molecule has 1 fully saturated rings. The molecular weight excluding hydrogens is 334 g/mol. The van der Waals surface area contributed by atoms with E-state index in [1.54, 1.807) is 7.05 Å². The lowest BCUT2D eigenvalue weighted by molar-refractivity contribution is -0.138.